The molecule has 1 aliphatic heterocycles. The first-order valence-electron chi connectivity index (χ1n) is 6.76. The number of nitrogens with one attached hydrogen (secondary N) is 2. The highest BCUT2D eigenvalue weighted by molar-refractivity contribution is 7.90. The molecule has 1 aromatic rings. The third-order valence-electron chi connectivity index (χ3n) is 3.45. The number of carbonyl (C=O) groups is 2. The number of hydrogen-bond donors (Lipinski definition) is 2. The van der Waals surface area contributed by atoms with Crippen LogP contribution in [0.25, 0.3) is 0 Å². The minimum atomic E-state index is -3.52. The molecule has 1 unspecified atom stereocenters. The Morgan fingerprint density at radius 1 is 1.30 bits per heavy atom. The van der Waals surface area contributed by atoms with E-state index in [0.717, 1.165) is 19.2 Å². The van der Waals surface area contributed by atoms with Crippen LogP contribution in [0.3, 0.4) is 0 Å². The second-order valence-corrected chi connectivity index (χ2v) is 7.20. The molecule has 1 heterocycles. The van der Waals surface area contributed by atoms with Crippen molar-refractivity contribution in [3.8, 4) is 0 Å². The van der Waals surface area contributed by atoms with E-state index < -0.39 is 15.8 Å². The molecule has 7 nitrogen and oxygen atoms in total. The van der Waals surface area contributed by atoms with Gasteiger partial charge >= 0.3 is 5.97 Å². The molecule has 0 radical (unpaired) electrons. The van der Waals surface area contributed by atoms with Gasteiger partial charge in [-0.3, -0.25) is 4.79 Å². The van der Waals surface area contributed by atoms with Gasteiger partial charge in [-0.15, -0.1) is 12.4 Å². The number of hydrogen-bond acceptors (Lipinski definition) is 6. The van der Waals surface area contributed by atoms with Crippen molar-refractivity contribution < 1.29 is 22.7 Å². The van der Waals surface area contributed by atoms with Crippen molar-refractivity contribution in [2.45, 2.75) is 11.3 Å². The second-order valence-electron chi connectivity index (χ2n) is 5.19. The largest absolute Gasteiger partial charge is 0.465 e. The van der Waals surface area contributed by atoms with Gasteiger partial charge < -0.3 is 15.4 Å². The fourth-order valence-electron chi connectivity index (χ4n) is 2.24. The molecule has 1 atom stereocenters. The monoisotopic (exact) mass is 362 g/mol. The predicted molar refractivity (Wildman–Crippen MR) is 87.7 cm³/mol. The zero-order valence-electron chi connectivity index (χ0n) is 12.8. The van der Waals surface area contributed by atoms with E-state index in [-0.39, 0.29) is 40.4 Å². The highest BCUT2D eigenvalue weighted by atomic mass is 35.5. The molecule has 9 heteroatoms. The summed E-state index contributed by atoms with van der Waals surface area (Å²) in [5, 5.41) is 5.75. The van der Waals surface area contributed by atoms with E-state index in [1.165, 1.54) is 25.3 Å². The molecule has 2 N–H and O–H groups in total. The summed E-state index contributed by atoms with van der Waals surface area (Å²) in [5.41, 5.74) is 0.338. The van der Waals surface area contributed by atoms with E-state index in [4.69, 9.17) is 0 Å². The molecule has 0 bridgehead atoms. The molecular formula is C14H19ClN2O5S. The van der Waals surface area contributed by atoms with Crippen molar-refractivity contribution in [1.82, 2.24) is 5.32 Å². The summed E-state index contributed by atoms with van der Waals surface area (Å²) in [4.78, 5) is 23.7. The Morgan fingerprint density at radius 3 is 2.52 bits per heavy atom. The Morgan fingerprint density at radius 2 is 2.00 bits per heavy atom. The minimum Gasteiger partial charge on any atom is -0.465 e. The summed E-state index contributed by atoms with van der Waals surface area (Å²) in [5.74, 6) is -1.03. The summed E-state index contributed by atoms with van der Waals surface area (Å²) in [6.07, 6.45) is 1.76. The van der Waals surface area contributed by atoms with Crippen LogP contribution in [-0.4, -0.2) is 46.7 Å². The average molecular weight is 363 g/mol. The summed E-state index contributed by atoms with van der Waals surface area (Å²) >= 11 is 0. The molecule has 1 aromatic carbocycles. The zero-order chi connectivity index (χ0) is 16.3. The maximum atomic E-state index is 12.1. The quantitative estimate of drug-likeness (QED) is 0.770. The third-order valence-corrected chi connectivity index (χ3v) is 4.55. The summed E-state index contributed by atoms with van der Waals surface area (Å²) in [6, 6.07) is 3.97. The van der Waals surface area contributed by atoms with Crippen LogP contribution < -0.4 is 10.6 Å². The van der Waals surface area contributed by atoms with Gasteiger partial charge in [-0.2, -0.15) is 0 Å². The van der Waals surface area contributed by atoms with Gasteiger partial charge in [-0.25, -0.2) is 13.2 Å². The van der Waals surface area contributed by atoms with Crippen molar-refractivity contribution in [3.05, 3.63) is 23.8 Å². The van der Waals surface area contributed by atoms with Crippen molar-refractivity contribution in [3.63, 3.8) is 0 Å². The number of rotatable bonds is 4. The van der Waals surface area contributed by atoms with Gasteiger partial charge in [0.05, 0.1) is 23.5 Å². The lowest BCUT2D eigenvalue weighted by atomic mass is 10.1. The fourth-order valence-corrected chi connectivity index (χ4v) is 2.93. The third kappa shape index (κ3) is 4.92. The zero-order valence-corrected chi connectivity index (χ0v) is 14.4. The minimum absolute atomic E-state index is 0. The molecule has 1 aliphatic rings. The fraction of sp³-hybridized carbons (Fsp3) is 0.429. The second kappa shape index (κ2) is 7.76. The Balaban J connectivity index is 0.00000264. The summed E-state index contributed by atoms with van der Waals surface area (Å²) in [7, 11) is -2.31. The number of sulfone groups is 1. The first-order chi connectivity index (χ1) is 10.3. The van der Waals surface area contributed by atoms with Crippen LogP contribution in [0.2, 0.25) is 0 Å². The molecule has 0 aromatic heterocycles. The number of benzene rings is 1. The Bertz CT molecular complexity index is 699. The number of ether oxygens (including phenoxy) is 1. The Labute approximate surface area is 141 Å². The Hall–Kier alpha value is -1.64. The number of amides is 1. The van der Waals surface area contributed by atoms with Gasteiger partial charge in [0.15, 0.2) is 9.84 Å². The highest BCUT2D eigenvalue weighted by Gasteiger charge is 2.23. The first-order valence-corrected chi connectivity index (χ1v) is 8.65. The van der Waals surface area contributed by atoms with Crippen LogP contribution in [0.1, 0.15) is 16.8 Å². The van der Waals surface area contributed by atoms with E-state index in [9.17, 15) is 18.0 Å². The van der Waals surface area contributed by atoms with Gasteiger partial charge in [-0.05, 0) is 31.2 Å². The molecule has 1 fully saturated rings. The van der Waals surface area contributed by atoms with E-state index in [2.05, 4.69) is 15.4 Å². The Kier molecular flexibility index (Phi) is 6.55. The van der Waals surface area contributed by atoms with Crippen molar-refractivity contribution in [1.29, 1.82) is 0 Å². The van der Waals surface area contributed by atoms with E-state index >= 15 is 0 Å². The predicted octanol–water partition coefficient (Wildman–Crippen LogP) is 0.846. The maximum absolute atomic E-state index is 12.1. The number of anilines is 1. The van der Waals surface area contributed by atoms with Gasteiger partial charge in [-0.1, -0.05) is 0 Å². The lowest BCUT2D eigenvalue weighted by molar-refractivity contribution is -0.119. The first kappa shape index (κ1) is 19.4. The molecule has 0 spiro atoms. The topological polar surface area (TPSA) is 102 Å². The van der Waals surface area contributed by atoms with Crippen LogP contribution in [-0.2, 0) is 19.4 Å². The summed E-state index contributed by atoms with van der Waals surface area (Å²) in [6.45, 7) is 1.36. The molecule has 0 saturated carbocycles. The molecule has 128 valence electrons. The van der Waals surface area contributed by atoms with Gasteiger partial charge in [0.25, 0.3) is 0 Å². The molecular weight excluding hydrogens is 344 g/mol. The number of halogens is 1. The lowest BCUT2D eigenvalue weighted by Gasteiger charge is -2.12. The van der Waals surface area contributed by atoms with Crippen molar-refractivity contribution >= 4 is 39.8 Å². The van der Waals surface area contributed by atoms with E-state index in [1.54, 1.807) is 0 Å². The van der Waals surface area contributed by atoms with Crippen LogP contribution in [0.15, 0.2) is 23.1 Å². The van der Waals surface area contributed by atoms with Gasteiger partial charge in [0.2, 0.25) is 5.91 Å². The van der Waals surface area contributed by atoms with Crippen LogP contribution in [0.4, 0.5) is 5.69 Å². The van der Waals surface area contributed by atoms with Crippen LogP contribution >= 0.6 is 12.4 Å². The van der Waals surface area contributed by atoms with Gasteiger partial charge in [0, 0.05) is 18.5 Å². The number of methoxy groups -OCH3 is 1. The average Bonchev–Trinajstić information content (AvgIpc) is 2.99. The summed E-state index contributed by atoms with van der Waals surface area (Å²) < 4.78 is 28.0. The van der Waals surface area contributed by atoms with Crippen LogP contribution in [0.5, 0.6) is 0 Å². The number of esters is 1. The smallest absolute Gasteiger partial charge is 0.337 e. The molecule has 1 amide bonds. The number of carbonyl (C=O) groups excluding carboxylic acids is 2. The van der Waals surface area contributed by atoms with Crippen molar-refractivity contribution in [2.75, 3.05) is 31.8 Å². The standard InChI is InChI=1S/C14H18N2O5S.ClH/c1-21-14(18)10-5-11(7-12(6-10)22(2,19)20)16-13(17)9-3-4-15-8-9;/h5-7,9,15H,3-4,8H2,1-2H3,(H,16,17);1H. The molecule has 2 rings (SSSR count). The molecule has 23 heavy (non-hydrogen) atoms. The van der Waals surface area contributed by atoms with Crippen molar-refractivity contribution in [2.24, 2.45) is 5.92 Å². The SMILES string of the molecule is COC(=O)c1cc(NC(=O)C2CCNC2)cc(S(C)(=O)=O)c1.Cl. The normalized spacial score (nSPS) is 17.2. The molecule has 1 saturated heterocycles. The molecule has 0 aliphatic carbocycles. The van der Waals surface area contributed by atoms with Crippen LogP contribution in [0, 0.1) is 5.92 Å². The maximum Gasteiger partial charge on any atom is 0.337 e. The van der Waals surface area contributed by atoms with Gasteiger partial charge in [0.1, 0.15) is 0 Å². The lowest BCUT2D eigenvalue weighted by Crippen LogP contribution is -2.24. The van der Waals surface area contributed by atoms with E-state index in [1.807, 2.05) is 0 Å². The highest BCUT2D eigenvalue weighted by Crippen LogP contribution is 2.21. The van der Waals surface area contributed by atoms with E-state index in [0.29, 0.717) is 6.54 Å².